The lowest BCUT2D eigenvalue weighted by Crippen LogP contribution is -2.40. The minimum Gasteiger partial charge on any atom is -0.392 e. The Morgan fingerprint density at radius 2 is 1.60 bits per heavy atom. The lowest BCUT2D eigenvalue weighted by Gasteiger charge is -2.30. The normalized spacial score (nSPS) is 17.1. The lowest BCUT2D eigenvalue weighted by molar-refractivity contribution is -0.141. The molecule has 0 radical (unpaired) electrons. The van der Waals surface area contributed by atoms with Gasteiger partial charge < -0.3 is 15.7 Å². The third-order valence-electron chi connectivity index (χ3n) is 7.41. The first-order valence-electron chi connectivity index (χ1n) is 13.7. The third-order valence-corrected chi connectivity index (χ3v) is 7.41. The van der Waals surface area contributed by atoms with Crippen LogP contribution in [0.5, 0.6) is 0 Å². The number of carbonyl (C=O) groups excluding carboxylic acids is 1. The van der Waals surface area contributed by atoms with Gasteiger partial charge in [0.05, 0.1) is 17.5 Å². The highest BCUT2D eigenvalue weighted by Gasteiger charge is 2.44. The van der Waals surface area contributed by atoms with Crippen LogP contribution in [0.3, 0.4) is 0 Å². The Labute approximate surface area is 240 Å². The summed E-state index contributed by atoms with van der Waals surface area (Å²) in [7, 11) is 0. The molecule has 0 spiro atoms. The van der Waals surface area contributed by atoms with Gasteiger partial charge in [-0.05, 0) is 36.6 Å². The first-order valence-corrected chi connectivity index (χ1v) is 13.7. The molecule has 1 saturated heterocycles. The Morgan fingerprint density at radius 3 is 2.21 bits per heavy atom. The molecule has 2 aliphatic rings. The summed E-state index contributed by atoms with van der Waals surface area (Å²) in [5.41, 5.74) is 5.67. The molecule has 4 aromatic rings. The summed E-state index contributed by atoms with van der Waals surface area (Å²) in [6.45, 7) is 1.10. The van der Waals surface area contributed by atoms with E-state index in [4.69, 9.17) is 5.73 Å². The number of hydrogen-bond donors (Lipinski definition) is 2. The molecule has 0 aliphatic carbocycles. The molecule has 1 unspecified atom stereocenters. The maximum Gasteiger partial charge on any atom is 0.435 e. The molecule has 3 N–H and O–H groups in total. The van der Waals surface area contributed by atoms with Crippen LogP contribution in [0, 0.1) is 5.82 Å². The largest absolute Gasteiger partial charge is 0.435 e. The van der Waals surface area contributed by atoms with Crippen LogP contribution in [0.15, 0.2) is 78.9 Å². The number of carbonyl (C=O) groups is 1. The number of nitrogens with two attached hydrogens (primary N) is 1. The van der Waals surface area contributed by atoms with Crippen molar-refractivity contribution in [2.24, 2.45) is 5.73 Å². The summed E-state index contributed by atoms with van der Waals surface area (Å²) < 4.78 is 57.7. The van der Waals surface area contributed by atoms with Crippen LogP contribution >= 0.6 is 0 Å². The molecule has 0 saturated carbocycles. The monoisotopic (exact) mass is 581 g/mol. The standard InChI is InChI=1S/C25H25F4N5O2.C6H6/c26-19-5-3-7-21(18(19)14-32-10-8-16(35)13-32)33-11-9-17-22(24(33)36)34(31-23(17)25(27,28)29)20-6-2-1-4-15(20)12-30;1-2-4-6-5-3-1/h1-7,16,35H,8-14,30H2;1-6H. The number of hydrogen-bond acceptors (Lipinski definition) is 5. The van der Waals surface area contributed by atoms with Gasteiger partial charge in [0.1, 0.15) is 11.5 Å². The maximum atomic E-state index is 15.0. The van der Waals surface area contributed by atoms with E-state index in [0.29, 0.717) is 30.8 Å². The molecular weight excluding hydrogens is 550 g/mol. The number of amides is 1. The van der Waals surface area contributed by atoms with Crippen LogP contribution in [0.1, 0.15) is 39.3 Å². The molecule has 1 aromatic heterocycles. The fraction of sp³-hybridized carbons (Fsp3) is 0.290. The van der Waals surface area contributed by atoms with Crippen LogP contribution in [0.25, 0.3) is 5.69 Å². The van der Waals surface area contributed by atoms with E-state index in [1.54, 1.807) is 30.3 Å². The zero-order chi connectivity index (χ0) is 29.9. The van der Waals surface area contributed by atoms with Crippen LogP contribution < -0.4 is 10.6 Å². The molecule has 1 atom stereocenters. The Kier molecular flexibility index (Phi) is 8.72. The maximum absolute atomic E-state index is 15.0. The summed E-state index contributed by atoms with van der Waals surface area (Å²) in [6, 6.07) is 22.9. The van der Waals surface area contributed by atoms with E-state index in [9.17, 15) is 27.5 Å². The number of likely N-dealkylation sites (tertiary alicyclic amines) is 1. The zero-order valence-electron chi connectivity index (χ0n) is 22.8. The Morgan fingerprint density at radius 1 is 0.929 bits per heavy atom. The summed E-state index contributed by atoms with van der Waals surface area (Å²) >= 11 is 0. The number of aromatic nitrogens is 2. The molecule has 11 heteroatoms. The molecule has 1 fully saturated rings. The molecule has 2 aliphatic heterocycles. The molecule has 3 heterocycles. The number of halogens is 4. The highest BCUT2D eigenvalue weighted by atomic mass is 19.4. The van der Waals surface area contributed by atoms with Gasteiger partial charge in [-0.2, -0.15) is 18.3 Å². The second kappa shape index (κ2) is 12.4. The smallest absolute Gasteiger partial charge is 0.392 e. The molecule has 220 valence electrons. The average molecular weight is 582 g/mol. The first-order chi connectivity index (χ1) is 20.2. The van der Waals surface area contributed by atoms with E-state index >= 15 is 0 Å². The van der Waals surface area contributed by atoms with Gasteiger partial charge in [0.25, 0.3) is 5.91 Å². The van der Waals surface area contributed by atoms with Gasteiger partial charge in [0, 0.05) is 43.9 Å². The average Bonchev–Trinajstić information content (AvgIpc) is 3.59. The number of β-amino-alcohol motifs (C(OH)–C–C–N with tert-alkyl or cyclic N) is 1. The number of alkyl halides is 3. The molecule has 1 amide bonds. The highest BCUT2D eigenvalue weighted by molar-refractivity contribution is 6.08. The van der Waals surface area contributed by atoms with E-state index in [0.717, 1.165) is 4.68 Å². The lowest BCUT2D eigenvalue weighted by atomic mass is 10.0. The Hall–Kier alpha value is -4.06. The topological polar surface area (TPSA) is 87.6 Å². The van der Waals surface area contributed by atoms with Crippen LogP contribution in [0.2, 0.25) is 0 Å². The van der Waals surface area contributed by atoms with Gasteiger partial charge in [-0.25, -0.2) is 9.07 Å². The SMILES string of the molecule is NCc1ccccc1-n1nc(C(F)(F)F)c2c1C(=O)N(c1cccc(F)c1CN1CCC(O)C1)CC2.c1ccccc1. The van der Waals surface area contributed by atoms with E-state index < -0.39 is 29.7 Å². The number of aliphatic hydroxyl groups is 1. The number of aliphatic hydroxyl groups excluding tert-OH is 1. The number of anilines is 1. The summed E-state index contributed by atoms with van der Waals surface area (Å²) in [4.78, 5) is 17.0. The summed E-state index contributed by atoms with van der Waals surface area (Å²) in [5.74, 6) is -1.22. The van der Waals surface area contributed by atoms with Crippen molar-refractivity contribution in [3.05, 3.63) is 113 Å². The molecule has 7 nitrogen and oxygen atoms in total. The zero-order valence-corrected chi connectivity index (χ0v) is 22.8. The van der Waals surface area contributed by atoms with Crippen LogP contribution in [-0.2, 0) is 25.7 Å². The highest BCUT2D eigenvalue weighted by Crippen LogP contribution is 2.38. The molecule has 6 rings (SSSR count). The van der Waals surface area contributed by atoms with Crippen molar-refractivity contribution in [2.75, 3.05) is 24.5 Å². The Bertz CT molecular complexity index is 1510. The fourth-order valence-electron chi connectivity index (χ4n) is 5.40. The second-order valence-corrected chi connectivity index (χ2v) is 10.2. The van der Waals surface area contributed by atoms with Gasteiger partial charge in [0.15, 0.2) is 5.69 Å². The number of para-hydroxylation sites is 1. The summed E-state index contributed by atoms with van der Waals surface area (Å²) in [6.07, 6.45) is -4.79. The first kappa shape index (κ1) is 29.4. The fourth-order valence-corrected chi connectivity index (χ4v) is 5.40. The third kappa shape index (κ3) is 6.08. The minimum absolute atomic E-state index is 0.0415. The number of rotatable bonds is 5. The van der Waals surface area contributed by atoms with E-state index in [2.05, 4.69) is 5.10 Å². The number of nitrogens with zero attached hydrogens (tertiary/aromatic N) is 4. The molecular formula is C31H31F4N5O2. The van der Waals surface area contributed by atoms with Crippen molar-refractivity contribution in [2.45, 2.75) is 38.2 Å². The van der Waals surface area contributed by atoms with Gasteiger partial charge >= 0.3 is 6.18 Å². The van der Waals surface area contributed by atoms with Crippen molar-refractivity contribution in [1.82, 2.24) is 14.7 Å². The van der Waals surface area contributed by atoms with Crippen molar-refractivity contribution in [1.29, 1.82) is 0 Å². The number of benzene rings is 3. The van der Waals surface area contributed by atoms with Gasteiger partial charge in [-0.3, -0.25) is 9.69 Å². The molecule has 3 aromatic carbocycles. The minimum atomic E-state index is -4.75. The van der Waals surface area contributed by atoms with Crippen LogP contribution in [0.4, 0.5) is 23.2 Å². The van der Waals surface area contributed by atoms with Gasteiger partial charge in [-0.15, -0.1) is 0 Å². The summed E-state index contributed by atoms with van der Waals surface area (Å²) in [5, 5.41) is 13.7. The van der Waals surface area contributed by atoms with Crippen molar-refractivity contribution < 1.29 is 27.5 Å². The van der Waals surface area contributed by atoms with Crippen molar-refractivity contribution in [3.63, 3.8) is 0 Å². The van der Waals surface area contributed by atoms with Crippen LogP contribution in [-0.4, -0.2) is 51.4 Å². The van der Waals surface area contributed by atoms with Crippen molar-refractivity contribution in [3.8, 4) is 5.69 Å². The van der Waals surface area contributed by atoms with E-state index in [1.165, 1.54) is 17.0 Å². The Balaban J connectivity index is 0.000000524. The molecule has 0 bridgehead atoms. The predicted molar refractivity (Wildman–Crippen MR) is 151 cm³/mol. The van der Waals surface area contributed by atoms with E-state index in [-0.39, 0.29) is 48.6 Å². The van der Waals surface area contributed by atoms with Gasteiger partial charge in [0.2, 0.25) is 0 Å². The van der Waals surface area contributed by atoms with Gasteiger partial charge in [-0.1, -0.05) is 60.7 Å². The van der Waals surface area contributed by atoms with E-state index in [1.807, 2.05) is 41.3 Å². The van der Waals surface area contributed by atoms with Crippen molar-refractivity contribution >= 4 is 11.6 Å². The predicted octanol–water partition coefficient (Wildman–Crippen LogP) is 4.95. The second-order valence-electron chi connectivity index (χ2n) is 10.2. The number of fused-ring (bicyclic) bond motifs is 1. The quantitative estimate of drug-likeness (QED) is 0.326. The molecule has 42 heavy (non-hydrogen) atoms.